The molecule has 0 aromatic rings. The molecule has 0 spiro atoms. The molecule has 1 N–H and O–H groups in total. The first-order chi connectivity index (χ1) is 5.24. The monoisotopic (exact) mass is 151 g/mol. The third kappa shape index (κ3) is 1.02. The number of allylic oxidation sites excluding steroid dienone is 2. The Bertz CT molecular complexity index is 185. The molecule has 2 rings (SSSR count). The van der Waals surface area contributed by atoms with E-state index in [9.17, 15) is 0 Å². The van der Waals surface area contributed by atoms with Gasteiger partial charge in [0.05, 0.1) is 0 Å². The summed E-state index contributed by atoms with van der Waals surface area (Å²) in [4.78, 5) is 0. The SMILES string of the molecule is CNCC1(C)CC2C=CC1C2. The third-order valence-electron chi connectivity index (χ3n) is 3.38. The molecule has 1 nitrogen and oxygen atoms in total. The van der Waals surface area contributed by atoms with Crippen LogP contribution in [0.5, 0.6) is 0 Å². The van der Waals surface area contributed by atoms with Crippen molar-refractivity contribution in [1.82, 2.24) is 5.32 Å². The van der Waals surface area contributed by atoms with E-state index in [4.69, 9.17) is 0 Å². The fourth-order valence-electron chi connectivity index (χ4n) is 2.80. The van der Waals surface area contributed by atoms with Gasteiger partial charge in [-0.15, -0.1) is 0 Å². The van der Waals surface area contributed by atoms with Gasteiger partial charge in [-0.1, -0.05) is 19.1 Å². The summed E-state index contributed by atoms with van der Waals surface area (Å²) >= 11 is 0. The Morgan fingerprint density at radius 3 is 2.82 bits per heavy atom. The summed E-state index contributed by atoms with van der Waals surface area (Å²) in [6, 6.07) is 0. The second-order valence-corrected chi connectivity index (χ2v) is 4.38. The molecular weight excluding hydrogens is 134 g/mol. The van der Waals surface area contributed by atoms with Crippen molar-refractivity contribution in [2.24, 2.45) is 17.3 Å². The molecule has 0 radical (unpaired) electrons. The highest BCUT2D eigenvalue weighted by atomic mass is 14.8. The molecule has 1 saturated carbocycles. The Kier molecular flexibility index (Phi) is 1.57. The minimum atomic E-state index is 0.564. The number of hydrogen-bond acceptors (Lipinski definition) is 1. The Hall–Kier alpha value is -0.300. The van der Waals surface area contributed by atoms with Crippen molar-refractivity contribution in [1.29, 1.82) is 0 Å². The summed E-state index contributed by atoms with van der Waals surface area (Å²) in [7, 11) is 2.06. The summed E-state index contributed by atoms with van der Waals surface area (Å²) in [6.45, 7) is 3.59. The number of hydrogen-bond donors (Lipinski definition) is 1. The summed E-state index contributed by atoms with van der Waals surface area (Å²) in [5.41, 5.74) is 0.564. The normalized spacial score (nSPS) is 47.1. The minimum absolute atomic E-state index is 0.564. The highest BCUT2D eigenvalue weighted by Gasteiger charge is 2.44. The predicted octanol–water partition coefficient (Wildman–Crippen LogP) is 1.81. The van der Waals surface area contributed by atoms with E-state index in [0.717, 1.165) is 11.8 Å². The van der Waals surface area contributed by atoms with E-state index in [1.165, 1.54) is 19.4 Å². The summed E-state index contributed by atoms with van der Waals surface area (Å²) < 4.78 is 0. The maximum absolute atomic E-state index is 3.30. The molecule has 0 aliphatic heterocycles. The topological polar surface area (TPSA) is 12.0 Å². The van der Waals surface area contributed by atoms with Crippen LogP contribution in [0.15, 0.2) is 12.2 Å². The van der Waals surface area contributed by atoms with Crippen LogP contribution in [-0.2, 0) is 0 Å². The van der Waals surface area contributed by atoms with Gasteiger partial charge in [-0.25, -0.2) is 0 Å². The highest BCUT2D eigenvalue weighted by molar-refractivity contribution is 5.14. The van der Waals surface area contributed by atoms with Crippen molar-refractivity contribution in [2.45, 2.75) is 19.8 Å². The molecule has 1 fully saturated rings. The molecule has 0 heterocycles. The van der Waals surface area contributed by atoms with Gasteiger partial charge in [0.1, 0.15) is 0 Å². The van der Waals surface area contributed by atoms with Gasteiger partial charge < -0.3 is 5.32 Å². The van der Waals surface area contributed by atoms with Gasteiger partial charge in [0.15, 0.2) is 0 Å². The molecule has 2 aliphatic carbocycles. The van der Waals surface area contributed by atoms with Crippen molar-refractivity contribution >= 4 is 0 Å². The molecule has 0 aromatic carbocycles. The van der Waals surface area contributed by atoms with E-state index in [1.807, 2.05) is 0 Å². The fraction of sp³-hybridized carbons (Fsp3) is 0.800. The lowest BCUT2D eigenvalue weighted by Gasteiger charge is -2.31. The van der Waals surface area contributed by atoms with Crippen LogP contribution >= 0.6 is 0 Å². The zero-order chi connectivity index (χ0) is 7.90. The van der Waals surface area contributed by atoms with E-state index >= 15 is 0 Å². The first kappa shape index (κ1) is 7.35. The van der Waals surface area contributed by atoms with Crippen molar-refractivity contribution in [3.63, 3.8) is 0 Å². The van der Waals surface area contributed by atoms with Crippen LogP contribution in [0.4, 0.5) is 0 Å². The van der Waals surface area contributed by atoms with Gasteiger partial charge in [-0.3, -0.25) is 0 Å². The van der Waals surface area contributed by atoms with E-state index in [-0.39, 0.29) is 0 Å². The number of nitrogens with one attached hydrogen (secondary N) is 1. The second kappa shape index (κ2) is 2.34. The largest absolute Gasteiger partial charge is 0.319 e. The lowest BCUT2D eigenvalue weighted by molar-refractivity contribution is 0.256. The summed E-state index contributed by atoms with van der Waals surface area (Å²) in [5, 5.41) is 3.30. The molecule has 3 unspecified atom stereocenters. The zero-order valence-corrected chi connectivity index (χ0v) is 7.43. The summed E-state index contributed by atoms with van der Waals surface area (Å²) in [5.74, 6) is 1.76. The molecule has 0 amide bonds. The van der Waals surface area contributed by atoms with Gasteiger partial charge in [-0.2, -0.15) is 0 Å². The maximum atomic E-state index is 3.30. The van der Waals surface area contributed by atoms with Crippen LogP contribution in [0.1, 0.15) is 19.8 Å². The lowest BCUT2D eigenvalue weighted by Crippen LogP contribution is -2.33. The predicted molar refractivity (Wildman–Crippen MR) is 47.4 cm³/mol. The second-order valence-electron chi connectivity index (χ2n) is 4.38. The van der Waals surface area contributed by atoms with E-state index in [1.54, 1.807) is 0 Å². The van der Waals surface area contributed by atoms with Crippen molar-refractivity contribution < 1.29 is 0 Å². The first-order valence-electron chi connectivity index (χ1n) is 4.57. The fourth-order valence-corrected chi connectivity index (χ4v) is 2.80. The molecule has 0 aromatic heterocycles. The average Bonchev–Trinajstić information content (AvgIpc) is 2.45. The molecule has 1 heteroatoms. The van der Waals surface area contributed by atoms with Gasteiger partial charge >= 0.3 is 0 Å². The van der Waals surface area contributed by atoms with E-state index in [2.05, 4.69) is 31.4 Å². The van der Waals surface area contributed by atoms with E-state index in [0.29, 0.717) is 5.41 Å². The average molecular weight is 151 g/mol. The van der Waals surface area contributed by atoms with Gasteiger partial charge in [0.25, 0.3) is 0 Å². The first-order valence-corrected chi connectivity index (χ1v) is 4.57. The van der Waals surface area contributed by atoms with Gasteiger partial charge in [-0.05, 0) is 37.1 Å². The van der Waals surface area contributed by atoms with Crippen LogP contribution in [0.25, 0.3) is 0 Å². The molecule has 3 atom stereocenters. The van der Waals surface area contributed by atoms with Gasteiger partial charge in [0, 0.05) is 6.54 Å². The smallest absolute Gasteiger partial charge is 0.000802 e. The minimum Gasteiger partial charge on any atom is -0.319 e. The third-order valence-corrected chi connectivity index (χ3v) is 3.38. The Morgan fingerprint density at radius 1 is 1.55 bits per heavy atom. The van der Waals surface area contributed by atoms with Gasteiger partial charge in [0.2, 0.25) is 0 Å². The molecule has 2 aliphatic rings. The Labute approximate surface area is 68.9 Å². The van der Waals surface area contributed by atoms with Crippen LogP contribution in [-0.4, -0.2) is 13.6 Å². The standard InChI is InChI=1S/C10H17N/c1-10(7-11-2)6-8-3-4-9(10)5-8/h3-4,8-9,11H,5-7H2,1-2H3. The molecular formula is C10H17N. The van der Waals surface area contributed by atoms with Crippen LogP contribution < -0.4 is 5.32 Å². The summed E-state index contributed by atoms with van der Waals surface area (Å²) in [6.07, 6.45) is 7.64. The van der Waals surface area contributed by atoms with Crippen LogP contribution in [0, 0.1) is 17.3 Å². The van der Waals surface area contributed by atoms with Crippen molar-refractivity contribution in [2.75, 3.05) is 13.6 Å². The Balaban J connectivity index is 2.11. The zero-order valence-electron chi connectivity index (χ0n) is 7.43. The van der Waals surface area contributed by atoms with Crippen molar-refractivity contribution in [3.8, 4) is 0 Å². The molecule has 0 saturated heterocycles. The quantitative estimate of drug-likeness (QED) is 0.593. The van der Waals surface area contributed by atoms with Crippen molar-refractivity contribution in [3.05, 3.63) is 12.2 Å². The lowest BCUT2D eigenvalue weighted by atomic mass is 9.78. The number of fused-ring (bicyclic) bond motifs is 2. The molecule has 11 heavy (non-hydrogen) atoms. The molecule has 2 bridgehead atoms. The maximum Gasteiger partial charge on any atom is 0.000802 e. The van der Waals surface area contributed by atoms with E-state index < -0.39 is 0 Å². The highest BCUT2D eigenvalue weighted by Crippen LogP contribution is 2.51. The Morgan fingerprint density at radius 2 is 2.36 bits per heavy atom. The van der Waals surface area contributed by atoms with Crippen LogP contribution in [0.2, 0.25) is 0 Å². The molecule has 62 valence electrons. The number of rotatable bonds is 2. The van der Waals surface area contributed by atoms with Crippen LogP contribution in [0.3, 0.4) is 0 Å².